The Bertz CT molecular complexity index is 678. The molecule has 1 aromatic carbocycles. The monoisotopic (exact) mass is 313 g/mol. The van der Waals surface area contributed by atoms with Gasteiger partial charge in [0.25, 0.3) is 0 Å². The van der Waals surface area contributed by atoms with Gasteiger partial charge in [0.05, 0.1) is 6.33 Å². The van der Waals surface area contributed by atoms with Crippen LogP contribution in [0.2, 0.25) is 0 Å². The molecule has 0 saturated heterocycles. The maximum Gasteiger partial charge on any atom is 0.226 e. The van der Waals surface area contributed by atoms with Crippen LogP contribution in [0.4, 0.5) is 0 Å². The molecule has 3 rings (SSSR count). The number of amides is 1. The van der Waals surface area contributed by atoms with Crippen molar-refractivity contribution >= 4 is 5.91 Å². The number of phenols is 1. The van der Waals surface area contributed by atoms with Crippen LogP contribution in [0, 0.1) is 5.92 Å². The molecule has 0 fully saturated rings. The van der Waals surface area contributed by atoms with Crippen LogP contribution < -0.4 is 0 Å². The molecule has 0 spiro atoms. The van der Waals surface area contributed by atoms with Crippen LogP contribution in [0.15, 0.2) is 36.8 Å². The van der Waals surface area contributed by atoms with Crippen molar-refractivity contribution in [2.75, 3.05) is 7.05 Å². The fourth-order valence-electron chi connectivity index (χ4n) is 3.19. The topological polar surface area (TPSA) is 58.4 Å². The molecule has 0 saturated carbocycles. The molecule has 2 heterocycles. The van der Waals surface area contributed by atoms with Gasteiger partial charge in [-0.15, -0.1) is 0 Å². The number of hydrogen-bond acceptors (Lipinski definition) is 3. The number of aromatic hydroxyl groups is 1. The SMILES string of the molecule is CC(Cc1ccc(O)cc1)N(C)C(=O)C1CCn2cncc2C1. The summed E-state index contributed by atoms with van der Waals surface area (Å²) in [7, 11) is 1.89. The van der Waals surface area contributed by atoms with E-state index in [1.54, 1.807) is 12.1 Å². The first kappa shape index (κ1) is 15.6. The van der Waals surface area contributed by atoms with E-state index in [-0.39, 0.29) is 23.6 Å². The van der Waals surface area contributed by atoms with Gasteiger partial charge in [-0.1, -0.05) is 12.1 Å². The summed E-state index contributed by atoms with van der Waals surface area (Å²) in [5.41, 5.74) is 2.27. The van der Waals surface area contributed by atoms with Gasteiger partial charge in [0.2, 0.25) is 5.91 Å². The highest BCUT2D eigenvalue weighted by atomic mass is 16.3. The lowest BCUT2D eigenvalue weighted by Gasteiger charge is -2.31. The van der Waals surface area contributed by atoms with Crippen LogP contribution in [0.5, 0.6) is 5.75 Å². The van der Waals surface area contributed by atoms with E-state index in [0.717, 1.165) is 37.1 Å². The van der Waals surface area contributed by atoms with Gasteiger partial charge in [-0.3, -0.25) is 4.79 Å². The summed E-state index contributed by atoms with van der Waals surface area (Å²) in [4.78, 5) is 18.8. The van der Waals surface area contributed by atoms with Crippen molar-refractivity contribution in [3.63, 3.8) is 0 Å². The Labute approximate surface area is 136 Å². The zero-order chi connectivity index (χ0) is 16.4. The molecule has 1 amide bonds. The zero-order valence-corrected chi connectivity index (χ0v) is 13.6. The van der Waals surface area contributed by atoms with E-state index >= 15 is 0 Å². The molecule has 0 radical (unpaired) electrons. The Balaban J connectivity index is 1.61. The Kier molecular flexibility index (Phi) is 4.37. The first-order valence-corrected chi connectivity index (χ1v) is 8.08. The third-order valence-electron chi connectivity index (χ3n) is 4.80. The molecular formula is C18H23N3O2. The maximum atomic E-state index is 12.8. The van der Waals surface area contributed by atoms with Crippen LogP contribution >= 0.6 is 0 Å². The van der Waals surface area contributed by atoms with Gasteiger partial charge in [-0.25, -0.2) is 4.98 Å². The van der Waals surface area contributed by atoms with Crippen molar-refractivity contribution < 1.29 is 9.90 Å². The van der Waals surface area contributed by atoms with Gasteiger partial charge in [-0.05, 0) is 37.5 Å². The smallest absolute Gasteiger partial charge is 0.226 e. The quantitative estimate of drug-likeness (QED) is 0.942. The van der Waals surface area contributed by atoms with Gasteiger partial charge in [-0.2, -0.15) is 0 Å². The van der Waals surface area contributed by atoms with Gasteiger partial charge in [0.1, 0.15) is 5.75 Å². The van der Waals surface area contributed by atoms with E-state index < -0.39 is 0 Å². The fraction of sp³-hybridized carbons (Fsp3) is 0.444. The second-order valence-corrected chi connectivity index (χ2v) is 6.44. The van der Waals surface area contributed by atoms with Crippen molar-refractivity contribution in [3.05, 3.63) is 48.0 Å². The lowest BCUT2D eigenvalue weighted by atomic mass is 9.94. The number of carbonyl (C=O) groups excluding carboxylic acids is 1. The predicted molar refractivity (Wildman–Crippen MR) is 88.1 cm³/mol. The Morgan fingerprint density at radius 1 is 1.43 bits per heavy atom. The molecule has 1 aromatic heterocycles. The molecule has 1 aliphatic heterocycles. The number of phenolic OH excluding ortho intramolecular Hbond substituents is 1. The van der Waals surface area contributed by atoms with Crippen molar-refractivity contribution in [1.82, 2.24) is 14.5 Å². The Morgan fingerprint density at radius 2 is 2.17 bits per heavy atom. The van der Waals surface area contributed by atoms with Gasteiger partial charge >= 0.3 is 0 Å². The van der Waals surface area contributed by atoms with Gasteiger partial charge < -0.3 is 14.6 Å². The number of likely N-dealkylation sites (N-methyl/N-ethyl adjacent to an activating group) is 1. The summed E-state index contributed by atoms with van der Waals surface area (Å²) in [5, 5.41) is 9.35. The number of benzene rings is 1. The number of imidazole rings is 1. The normalized spacial score (nSPS) is 18.3. The number of hydrogen-bond donors (Lipinski definition) is 1. The van der Waals surface area contributed by atoms with E-state index in [2.05, 4.69) is 16.5 Å². The maximum absolute atomic E-state index is 12.8. The van der Waals surface area contributed by atoms with Crippen molar-refractivity contribution in [2.45, 2.75) is 38.8 Å². The van der Waals surface area contributed by atoms with E-state index in [4.69, 9.17) is 0 Å². The molecular weight excluding hydrogens is 290 g/mol. The molecule has 1 aliphatic rings. The highest BCUT2D eigenvalue weighted by molar-refractivity contribution is 5.79. The lowest BCUT2D eigenvalue weighted by Crippen LogP contribution is -2.42. The molecule has 23 heavy (non-hydrogen) atoms. The van der Waals surface area contributed by atoms with Crippen molar-refractivity contribution in [3.8, 4) is 5.75 Å². The largest absolute Gasteiger partial charge is 0.508 e. The summed E-state index contributed by atoms with van der Waals surface area (Å²) in [6.45, 7) is 2.93. The Morgan fingerprint density at radius 3 is 2.91 bits per heavy atom. The molecule has 1 N–H and O–H groups in total. The standard InChI is InChI=1S/C18H23N3O2/c1-13(9-14-3-5-17(22)6-4-14)20(2)18(23)15-7-8-21-12-19-11-16(21)10-15/h3-6,11-13,15,22H,7-10H2,1-2H3. The van der Waals surface area contributed by atoms with Gasteiger partial charge in [0.15, 0.2) is 0 Å². The van der Waals surface area contributed by atoms with Crippen LogP contribution in [0.3, 0.4) is 0 Å². The second-order valence-electron chi connectivity index (χ2n) is 6.44. The number of nitrogens with zero attached hydrogens (tertiary/aromatic N) is 3. The minimum absolute atomic E-state index is 0.0477. The van der Waals surface area contributed by atoms with E-state index in [1.165, 1.54) is 0 Å². The summed E-state index contributed by atoms with van der Waals surface area (Å²) < 4.78 is 2.13. The fourth-order valence-corrected chi connectivity index (χ4v) is 3.19. The minimum Gasteiger partial charge on any atom is -0.508 e. The molecule has 5 heteroatoms. The van der Waals surface area contributed by atoms with Crippen LogP contribution in [-0.2, 0) is 24.2 Å². The third kappa shape index (κ3) is 3.38. The summed E-state index contributed by atoms with van der Waals surface area (Å²) >= 11 is 0. The van der Waals surface area contributed by atoms with Crippen molar-refractivity contribution in [1.29, 1.82) is 0 Å². The summed E-state index contributed by atoms with van der Waals surface area (Å²) in [6, 6.07) is 7.31. The first-order valence-electron chi connectivity index (χ1n) is 8.08. The number of aromatic nitrogens is 2. The highest BCUT2D eigenvalue weighted by Gasteiger charge is 2.28. The van der Waals surface area contributed by atoms with Crippen LogP contribution in [-0.4, -0.2) is 38.6 Å². The highest BCUT2D eigenvalue weighted by Crippen LogP contribution is 2.23. The molecule has 0 bridgehead atoms. The zero-order valence-electron chi connectivity index (χ0n) is 13.6. The van der Waals surface area contributed by atoms with Crippen LogP contribution in [0.1, 0.15) is 24.6 Å². The number of carbonyl (C=O) groups is 1. The third-order valence-corrected chi connectivity index (χ3v) is 4.80. The first-order chi connectivity index (χ1) is 11.0. The molecule has 2 aromatic rings. The summed E-state index contributed by atoms with van der Waals surface area (Å²) in [5.74, 6) is 0.528. The molecule has 5 nitrogen and oxygen atoms in total. The minimum atomic E-state index is 0.0477. The number of rotatable bonds is 4. The van der Waals surface area contributed by atoms with Crippen LogP contribution in [0.25, 0.3) is 0 Å². The number of fused-ring (bicyclic) bond motifs is 1. The Hall–Kier alpha value is -2.30. The number of aryl methyl sites for hydroxylation is 1. The van der Waals surface area contributed by atoms with Crippen molar-refractivity contribution in [2.24, 2.45) is 5.92 Å². The summed E-state index contributed by atoms with van der Waals surface area (Å²) in [6.07, 6.45) is 6.13. The average molecular weight is 313 g/mol. The van der Waals surface area contributed by atoms with Gasteiger partial charge in [0, 0.05) is 43.9 Å². The second kappa shape index (κ2) is 6.44. The predicted octanol–water partition coefficient (Wildman–Crippen LogP) is 2.24. The average Bonchev–Trinajstić information content (AvgIpc) is 3.03. The van der Waals surface area contributed by atoms with E-state index in [0.29, 0.717) is 0 Å². The molecule has 122 valence electrons. The molecule has 0 aliphatic carbocycles. The molecule has 2 atom stereocenters. The molecule has 2 unspecified atom stereocenters. The lowest BCUT2D eigenvalue weighted by molar-refractivity contribution is -0.136. The van der Waals surface area contributed by atoms with E-state index in [9.17, 15) is 9.90 Å². The van der Waals surface area contributed by atoms with E-state index in [1.807, 2.05) is 36.6 Å².